The van der Waals surface area contributed by atoms with E-state index in [2.05, 4.69) is 4.98 Å². The Bertz CT molecular complexity index is 556. The maximum absolute atomic E-state index is 12.7. The highest BCUT2D eigenvalue weighted by atomic mass is 32.2. The van der Waals surface area contributed by atoms with Gasteiger partial charge in [0.25, 0.3) is 10.2 Å². The first-order chi connectivity index (χ1) is 10.2. The van der Waals surface area contributed by atoms with Crippen LogP contribution in [0.15, 0.2) is 24.5 Å². The zero-order chi connectivity index (χ0) is 14.7. The molecule has 2 fully saturated rings. The van der Waals surface area contributed by atoms with E-state index in [-0.39, 0.29) is 6.04 Å². The summed E-state index contributed by atoms with van der Waals surface area (Å²) in [5.74, 6) is 0. The number of hydrogen-bond acceptors (Lipinski definition) is 3. The van der Waals surface area contributed by atoms with E-state index in [4.69, 9.17) is 0 Å². The molecule has 116 valence electrons. The Hall–Kier alpha value is -0.980. The lowest BCUT2D eigenvalue weighted by atomic mass is 10.1. The highest BCUT2D eigenvalue weighted by molar-refractivity contribution is 7.86. The van der Waals surface area contributed by atoms with Crippen molar-refractivity contribution < 1.29 is 8.42 Å². The molecule has 5 nitrogen and oxygen atoms in total. The van der Waals surface area contributed by atoms with Crippen molar-refractivity contribution in [2.24, 2.45) is 0 Å². The van der Waals surface area contributed by atoms with Crippen LogP contribution in [0.5, 0.6) is 0 Å². The quantitative estimate of drug-likeness (QED) is 0.833. The van der Waals surface area contributed by atoms with Gasteiger partial charge in [-0.05, 0) is 56.2 Å². The Kier molecular flexibility index (Phi) is 4.57. The van der Waals surface area contributed by atoms with Crippen molar-refractivity contribution in [3.63, 3.8) is 0 Å². The fourth-order valence-corrected chi connectivity index (χ4v) is 5.31. The summed E-state index contributed by atoms with van der Waals surface area (Å²) in [5.41, 5.74) is 1.23. The van der Waals surface area contributed by atoms with Crippen LogP contribution in [0.2, 0.25) is 0 Å². The molecule has 21 heavy (non-hydrogen) atoms. The van der Waals surface area contributed by atoms with Gasteiger partial charge in [-0.2, -0.15) is 17.0 Å². The Balaban J connectivity index is 1.65. The van der Waals surface area contributed by atoms with Crippen molar-refractivity contribution in [2.45, 2.75) is 44.6 Å². The predicted molar refractivity (Wildman–Crippen MR) is 82.0 cm³/mol. The van der Waals surface area contributed by atoms with Crippen LogP contribution in [0.4, 0.5) is 0 Å². The minimum Gasteiger partial charge on any atom is -0.265 e. The van der Waals surface area contributed by atoms with Crippen molar-refractivity contribution >= 4 is 10.2 Å². The van der Waals surface area contributed by atoms with Crippen molar-refractivity contribution in [3.05, 3.63) is 30.1 Å². The van der Waals surface area contributed by atoms with Gasteiger partial charge in [-0.1, -0.05) is 0 Å². The zero-order valence-electron chi connectivity index (χ0n) is 12.3. The number of aromatic nitrogens is 1. The summed E-state index contributed by atoms with van der Waals surface area (Å²) in [4.78, 5) is 4.02. The van der Waals surface area contributed by atoms with Gasteiger partial charge in [-0.25, -0.2) is 0 Å². The van der Waals surface area contributed by atoms with Gasteiger partial charge in [0.1, 0.15) is 0 Å². The Morgan fingerprint density at radius 3 is 2.52 bits per heavy atom. The smallest absolute Gasteiger partial charge is 0.265 e. The second-order valence-electron chi connectivity index (χ2n) is 5.91. The Morgan fingerprint density at radius 2 is 1.81 bits per heavy atom. The van der Waals surface area contributed by atoms with Crippen LogP contribution in [0.3, 0.4) is 0 Å². The van der Waals surface area contributed by atoms with Crippen LogP contribution < -0.4 is 0 Å². The summed E-state index contributed by atoms with van der Waals surface area (Å²) in [6.45, 7) is 2.06. The first kappa shape index (κ1) is 14.9. The number of pyridine rings is 1. The molecule has 3 rings (SSSR count). The molecule has 0 bridgehead atoms. The fraction of sp³-hybridized carbons (Fsp3) is 0.667. The maximum atomic E-state index is 12.7. The molecule has 2 aliphatic rings. The van der Waals surface area contributed by atoms with Crippen molar-refractivity contribution in [3.8, 4) is 0 Å². The van der Waals surface area contributed by atoms with E-state index in [0.29, 0.717) is 19.6 Å². The molecule has 0 spiro atoms. The summed E-state index contributed by atoms with van der Waals surface area (Å²) in [7, 11) is -3.24. The molecule has 1 aromatic rings. The van der Waals surface area contributed by atoms with Crippen LogP contribution in [0.1, 0.15) is 37.7 Å². The van der Waals surface area contributed by atoms with Gasteiger partial charge in [-0.15, -0.1) is 0 Å². The number of nitrogens with zero attached hydrogens (tertiary/aromatic N) is 3. The Labute approximate surface area is 127 Å². The molecule has 1 aromatic heterocycles. The van der Waals surface area contributed by atoms with Gasteiger partial charge in [0, 0.05) is 38.1 Å². The van der Waals surface area contributed by atoms with Crippen LogP contribution in [-0.2, 0) is 16.6 Å². The lowest BCUT2D eigenvalue weighted by Gasteiger charge is -2.28. The fourth-order valence-electron chi connectivity index (χ4n) is 3.35. The SMILES string of the molecule is O=S(=O)(N1CCCC1)N1CCCC1CCc1ccncc1. The molecule has 6 heteroatoms. The molecule has 0 amide bonds. The first-order valence-corrected chi connectivity index (χ1v) is 9.23. The van der Waals surface area contributed by atoms with E-state index in [1.165, 1.54) is 5.56 Å². The molecular formula is C15H23N3O2S. The molecule has 2 aliphatic heterocycles. The predicted octanol–water partition coefficient (Wildman–Crippen LogP) is 1.82. The van der Waals surface area contributed by atoms with Crippen LogP contribution in [0, 0.1) is 0 Å². The lowest BCUT2D eigenvalue weighted by molar-refractivity contribution is 0.333. The normalized spacial score (nSPS) is 24.7. The highest BCUT2D eigenvalue weighted by Crippen LogP contribution is 2.28. The second kappa shape index (κ2) is 6.42. The molecule has 0 aromatic carbocycles. The standard InChI is InChI=1S/C15H23N3O2S/c19-21(20,17-11-1-2-12-17)18-13-3-4-15(18)6-5-14-7-9-16-10-8-14/h7-10,15H,1-6,11-13H2. The minimum absolute atomic E-state index is 0.156. The first-order valence-electron chi connectivity index (χ1n) is 7.84. The largest absolute Gasteiger partial charge is 0.282 e. The average Bonchev–Trinajstić information content (AvgIpc) is 3.18. The summed E-state index contributed by atoms with van der Waals surface area (Å²) in [5, 5.41) is 0. The third-order valence-corrected chi connectivity index (χ3v) is 6.62. The van der Waals surface area contributed by atoms with Gasteiger partial charge >= 0.3 is 0 Å². The Morgan fingerprint density at radius 1 is 1.10 bits per heavy atom. The summed E-state index contributed by atoms with van der Waals surface area (Å²) in [6.07, 6.45) is 9.36. The molecule has 0 radical (unpaired) electrons. The number of hydrogen-bond donors (Lipinski definition) is 0. The molecule has 0 aliphatic carbocycles. The van der Waals surface area contributed by atoms with Gasteiger partial charge in [0.2, 0.25) is 0 Å². The molecule has 1 unspecified atom stereocenters. The van der Waals surface area contributed by atoms with Gasteiger partial charge in [0.15, 0.2) is 0 Å². The molecular weight excluding hydrogens is 286 g/mol. The van der Waals surface area contributed by atoms with E-state index >= 15 is 0 Å². The number of rotatable bonds is 5. The van der Waals surface area contributed by atoms with Crippen LogP contribution in [-0.4, -0.2) is 47.7 Å². The molecule has 1 atom stereocenters. The minimum atomic E-state index is -3.24. The van der Waals surface area contributed by atoms with E-state index in [1.54, 1.807) is 21.0 Å². The highest BCUT2D eigenvalue weighted by Gasteiger charge is 2.38. The van der Waals surface area contributed by atoms with Gasteiger partial charge in [0.05, 0.1) is 0 Å². The van der Waals surface area contributed by atoms with E-state index in [0.717, 1.165) is 38.5 Å². The third-order valence-electron chi connectivity index (χ3n) is 4.53. The molecule has 0 saturated carbocycles. The van der Waals surface area contributed by atoms with E-state index in [1.807, 2.05) is 12.1 Å². The third kappa shape index (κ3) is 3.27. The summed E-state index contributed by atoms with van der Waals surface area (Å²) < 4.78 is 28.8. The number of aryl methyl sites for hydroxylation is 1. The molecule has 3 heterocycles. The van der Waals surface area contributed by atoms with E-state index < -0.39 is 10.2 Å². The lowest BCUT2D eigenvalue weighted by Crippen LogP contribution is -2.44. The maximum Gasteiger partial charge on any atom is 0.282 e. The summed E-state index contributed by atoms with van der Waals surface area (Å²) in [6, 6.07) is 4.17. The topological polar surface area (TPSA) is 53.5 Å². The molecule has 2 saturated heterocycles. The monoisotopic (exact) mass is 309 g/mol. The molecule has 0 N–H and O–H groups in total. The van der Waals surface area contributed by atoms with Gasteiger partial charge < -0.3 is 0 Å². The van der Waals surface area contributed by atoms with Crippen molar-refractivity contribution in [2.75, 3.05) is 19.6 Å². The second-order valence-corrected chi connectivity index (χ2v) is 7.80. The van der Waals surface area contributed by atoms with Crippen molar-refractivity contribution in [1.29, 1.82) is 0 Å². The average molecular weight is 309 g/mol. The van der Waals surface area contributed by atoms with Crippen molar-refractivity contribution in [1.82, 2.24) is 13.6 Å². The van der Waals surface area contributed by atoms with Crippen LogP contribution in [0.25, 0.3) is 0 Å². The van der Waals surface area contributed by atoms with E-state index in [9.17, 15) is 8.42 Å². The summed E-state index contributed by atoms with van der Waals surface area (Å²) >= 11 is 0. The van der Waals surface area contributed by atoms with Gasteiger partial charge in [-0.3, -0.25) is 4.98 Å². The zero-order valence-corrected chi connectivity index (χ0v) is 13.1. The van der Waals surface area contributed by atoms with Crippen LogP contribution >= 0.6 is 0 Å².